The summed E-state index contributed by atoms with van der Waals surface area (Å²) >= 11 is 1.78. The van der Waals surface area contributed by atoms with Gasteiger partial charge in [0.25, 0.3) is 0 Å². The predicted molar refractivity (Wildman–Crippen MR) is 78.8 cm³/mol. The molecule has 0 aromatic heterocycles. The molecule has 5 nitrogen and oxygen atoms in total. The van der Waals surface area contributed by atoms with Crippen LogP contribution in [-0.4, -0.2) is 46.8 Å². The Morgan fingerprint density at radius 3 is 2.67 bits per heavy atom. The van der Waals surface area contributed by atoms with Crippen LogP contribution in [0.1, 0.15) is 23.7 Å². The van der Waals surface area contributed by atoms with Crippen LogP contribution < -0.4 is 0 Å². The lowest BCUT2D eigenvalue weighted by Crippen LogP contribution is -2.50. The molecule has 3 rings (SSSR count). The van der Waals surface area contributed by atoms with Crippen LogP contribution in [0.5, 0.6) is 0 Å². The maximum atomic E-state index is 12.1. The first-order valence-corrected chi connectivity index (χ1v) is 8.04. The number of ether oxygens (including phenoxy) is 2. The highest BCUT2D eigenvalue weighted by Gasteiger charge is 2.45. The molecule has 1 aromatic rings. The van der Waals surface area contributed by atoms with E-state index in [1.54, 1.807) is 43.0 Å². The zero-order chi connectivity index (χ0) is 14.8. The number of hydrogen-bond donors (Lipinski definition) is 0. The van der Waals surface area contributed by atoms with Crippen LogP contribution in [-0.2, 0) is 14.3 Å². The van der Waals surface area contributed by atoms with Gasteiger partial charge in [-0.05, 0) is 18.6 Å². The van der Waals surface area contributed by atoms with Crippen molar-refractivity contribution >= 4 is 23.7 Å². The van der Waals surface area contributed by atoms with Crippen molar-refractivity contribution in [2.45, 2.75) is 31.1 Å². The molecule has 6 heteroatoms. The molecule has 2 fully saturated rings. The third kappa shape index (κ3) is 3.06. The SMILES string of the molecule is CC(OC(=O)c1ccccc1)OC(=O)C1CSC2CCN21. The topological polar surface area (TPSA) is 55.8 Å². The summed E-state index contributed by atoms with van der Waals surface area (Å²) in [5.41, 5.74) is 0.444. The minimum Gasteiger partial charge on any atom is -0.424 e. The lowest BCUT2D eigenvalue weighted by Gasteiger charge is -2.36. The summed E-state index contributed by atoms with van der Waals surface area (Å²) in [7, 11) is 0. The van der Waals surface area contributed by atoms with Crippen molar-refractivity contribution in [2.75, 3.05) is 12.3 Å². The molecular formula is C15H17NO4S. The van der Waals surface area contributed by atoms with Crippen molar-refractivity contribution in [3.05, 3.63) is 35.9 Å². The first kappa shape index (κ1) is 14.4. The van der Waals surface area contributed by atoms with Gasteiger partial charge in [-0.3, -0.25) is 9.69 Å². The molecule has 1 aromatic carbocycles. The highest BCUT2D eigenvalue weighted by Crippen LogP contribution is 2.38. The highest BCUT2D eigenvalue weighted by atomic mass is 32.2. The van der Waals surface area contributed by atoms with E-state index in [2.05, 4.69) is 4.90 Å². The van der Waals surface area contributed by atoms with Crippen molar-refractivity contribution < 1.29 is 19.1 Å². The summed E-state index contributed by atoms with van der Waals surface area (Å²) < 4.78 is 10.4. The van der Waals surface area contributed by atoms with E-state index >= 15 is 0 Å². The number of fused-ring (bicyclic) bond motifs is 1. The maximum Gasteiger partial charge on any atom is 0.341 e. The Hall–Kier alpha value is -1.53. The Bertz CT molecular complexity index is 536. The molecule has 0 bridgehead atoms. The summed E-state index contributed by atoms with van der Waals surface area (Å²) in [6, 6.07) is 8.46. The molecule has 2 aliphatic rings. The second-order valence-corrected chi connectivity index (χ2v) is 6.32. The van der Waals surface area contributed by atoms with Crippen molar-refractivity contribution in [2.24, 2.45) is 0 Å². The molecule has 2 aliphatic heterocycles. The van der Waals surface area contributed by atoms with Crippen LogP contribution in [0.25, 0.3) is 0 Å². The monoisotopic (exact) mass is 307 g/mol. The van der Waals surface area contributed by atoms with Gasteiger partial charge in [-0.2, -0.15) is 0 Å². The fourth-order valence-electron chi connectivity index (χ4n) is 2.48. The third-order valence-corrected chi connectivity index (χ3v) is 5.09. The lowest BCUT2D eigenvalue weighted by molar-refractivity contribution is -0.172. The Labute approximate surface area is 127 Å². The molecule has 21 heavy (non-hydrogen) atoms. The van der Waals surface area contributed by atoms with E-state index in [0.717, 1.165) is 18.7 Å². The average Bonchev–Trinajstić information content (AvgIpc) is 2.74. The molecule has 2 saturated heterocycles. The molecule has 0 N–H and O–H groups in total. The fourth-order valence-corrected chi connectivity index (χ4v) is 3.93. The first-order chi connectivity index (χ1) is 10.1. The van der Waals surface area contributed by atoms with Crippen LogP contribution in [0.4, 0.5) is 0 Å². The van der Waals surface area contributed by atoms with Gasteiger partial charge in [-0.1, -0.05) is 18.2 Å². The van der Waals surface area contributed by atoms with Gasteiger partial charge in [0, 0.05) is 19.2 Å². The first-order valence-electron chi connectivity index (χ1n) is 6.99. The molecule has 0 amide bonds. The normalized spacial score (nSPS) is 25.6. The number of carbonyl (C=O) groups is 2. The molecule has 2 heterocycles. The lowest BCUT2D eigenvalue weighted by atomic mass is 10.1. The van der Waals surface area contributed by atoms with E-state index in [4.69, 9.17) is 9.47 Å². The summed E-state index contributed by atoms with van der Waals surface area (Å²) in [5.74, 6) is -0.0420. The summed E-state index contributed by atoms with van der Waals surface area (Å²) in [6.45, 7) is 2.50. The second-order valence-electron chi connectivity index (χ2n) is 5.11. The van der Waals surface area contributed by atoms with Gasteiger partial charge in [-0.15, -0.1) is 11.8 Å². The highest BCUT2D eigenvalue weighted by molar-refractivity contribution is 8.00. The van der Waals surface area contributed by atoms with Crippen LogP contribution in [0.2, 0.25) is 0 Å². The number of benzene rings is 1. The smallest absolute Gasteiger partial charge is 0.341 e. The standard InChI is InChI=1S/C15H17NO4S/c1-10(19-14(17)11-5-3-2-4-6-11)20-15(18)12-9-21-13-7-8-16(12)13/h2-6,10,12-13H,7-9H2,1H3. The molecule has 0 radical (unpaired) electrons. The van der Waals surface area contributed by atoms with Crippen LogP contribution in [0.3, 0.4) is 0 Å². The maximum absolute atomic E-state index is 12.1. The zero-order valence-corrected chi connectivity index (χ0v) is 12.5. The molecule has 3 atom stereocenters. The summed E-state index contributed by atoms with van der Waals surface area (Å²) in [4.78, 5) is 26.1. The molecular weight excluding hydrogens is 290 g/mol. The third-order valence-electron chi connectivity index (χ3n) is 3.69. The van der Waals surface area contributed by atoms with Crippen molar-refractivity contribution in [3.8, 4) is 0 Å². The molecule has 3 unspecified atom stereocenters. The molecule has 0 spiro atoms. The average molecular weight is 307 g/mol. The van der Waals surface area contributed by atoms with Crippen LogP contribution >= 0.6 is 11.8 Å². The predicted octanol–water partition coefficient (Wildman–Crippen LogP) is 1.88. The van der Waals surface area contributed by atoms with Gasteiger partial charge in [0.2, 0.25) is 6.29 Å². The minimum absolute atomic E-state index is 0.202. The van der Waals surface area contributed by atoms with E-state index in [1.165, 1.54) is 0 Å². The number of thioether (sulfide) groups is 1. The van der Waals surface area contributed by atoms with E-state index in [-0.39, 0.29) is 12.0 Å². The van der Waals surface area contributed by atoms with Gasteiger partial charge in [0.05, 0.1) is 10.9 Å². The summed E-state index contributed by atoms with van der Waals surface area (Å²) in [6.07, 6.45) is 0.253. The van der Waals surface area contributed by atoms with E-state index in [9.17, 15) is 9.59 Å². The number of rotatable bonds is 4. The molecule has 0 saturated carbocycles. The Morgan fingerprint density at radius 2 is 2.05 bits per heavy atom. The van der Waals surface area contributed by atoms with Gasteiger partial charge in [0.1, 0.15) is 6.04 Å². The zero-order valence-electron chi connectivity index (χ0n) is 11.7. The molecule has 0 aliphatic carbocycles. The Balaban J connectivity index is 1.51. The van der Waals surface area contributed by atoms with Crippen LogP contribution in [0.15, 0.2) is 30.3 Å². The summed E-state index contributed by atoms with van der Waals surface area (Å²) in [5, 5.41) is 0.463. The van der Waals surface area contributed by atoms with Gasteiger partial charge in [0.15, 0.2) is 0 Å². The quantitative estimate of drug-likeness (QED) is 0.625. The van der Waals surface area contributed by atoms with Crippen molar-refractivity contribution in [1.29, 1.82) is 0 Å². The van der Waals surface area contributed by atoms with Gasteiger partial charge in [-0.25, -0.2) is 4.79 Å². The number of esters is 2. The Morgan fingerprint density at radius 1 is 1.29 bits per heavy atom. The Kier molecular flexibility index (Phi) is 4.17. The van der Waals surface area contributed by atoms with E-state index in [1.807, 2.05) is 6.07 Å². The van der Waals surface area contributed by atoms with E-state index in [0.29, 0.717) is 10.9 Å². The van der Waals surface area contributed by atoms with Gasteiger partial charge < -0.3 is 9.47 Å². The van der Waals surface area contributed by atoms with Gasteiger partial charge >= 0.3 is 11.9 Å². The number of carbonyl (C=O) groups excluding carboxylic acids is 2. The van der Waals surface area contributed by atoms with Crippen molar-refractivity contribution in [3.63, 3.8) is 0 Å². The number of hydrogen-bond acceptors (Lipinski definition) is 6. The molecule has 112 valence electrons. The number of nitrogens with zero attached hydrogens (tertiary/aromatic N) is 1. The van der Waals surface area contributed by atoms with Crippen LogP contribution in [0, 0.1) is 0 Å². The minimum atomic E-state index is -0.879. The second kappa shape index (κ2) is 6.07. The van der Waals surface area contributed by atoms with Crippen molar-refractivity contribution in [1.82, 2.24) is 4.90 Å². The van der Waals surface area contributed by atoms with E-state index < -0.39 is 12.3 Å². The fraction of sp³-hybridized carbons (Fsp3) is 0.467. The largest absolute Gasteiger partial charge is 0.424 e.